The summed E-state index contributed by atoms with van der Waals surface area (Å²) in [6.07, 6.45) is 1.77. The van der Waals surface area contributed by atoms with Crippen molar-refractivity contribution in [2.45, 2.75) is 0 Å². The van der Waals surface area contributed by atoms with E-state index >= 15 is 0 Å². The molecule has 5 nitrogen and oxygen atoms in total. The molecule has 1 saturated heterocycles. The number of rotatable bonds is 7. The first kappa shape index (κ1) is 19.7. The van der Waals surface area contributed by atoms with Crippen LogP contribution in [0.4, 0.5) is 0 Å². The Morgan fingerprint density at radius 2 is 1.81 bits per heavy atom. The van der Waals surface area contributed by atoms with E-state index in [1.54, 1.807) is 13.2 Å². The van der Waals surface area contributed by atoms with Gasteiger partial charge in [-0.3, -0.25) is 4.79 Å². The Labute approximate surface area is 175 Å². The third-order valence-corrected chi connectivity index (χ3v) is 5.23. The van der Waals surface area contributed by atoms with Gasteiger partial charge >= 0.3 is 0 Å². The molecule has 0 saturated carbocycles. The molecular weight excluding hydrogens is 450 g/mol. The fourth-order valence-corrected chi connectivity index (χ4v) is 3.72. The summed E-state index contributed by atoms with van der Waals surface area (Å²) >= 11 is 9.70. The highest BCUT2D eigenvalue weighted by atomic mass is 79.9. The molecule has 2 aromatic carbocycles. The first-order chi connectivity index (χ1) is 13.0. The molecule has 0 unspecified atom stereocenters. The normalized spacial score (nSPS) is 15.0. The number of methoxy groups -OCH3 is 1. The van der Waals surface area contributed by atoms with Gasteiger partial charge in [0.2, 0.25) is 0 Å². The minimum absolute atomic E-state index is 0.196. The summed E-state index contributed by atoms with van der Waals surface area (Å²) in [5.41, 5.74) is 0.788. The SMILES string of the molecule is COc1ccc(OCCOc2ccc(Br)cc2/C=C2\SC(=S)NC2=O)cc1. The van der Waals surface area contributed by atoms with E-state index in [2.05, 4.69) is 21.2 Å². The minimum Gasteiger partial charge on any atom is -0.497 e. The van der Waals surface area contributed by atoms with Crippen molar-refractivity contribution in [2.24, 2.45) is 0 Å². The molecule has 8 heteroatoms. The van der Waals surface area contributed by atoms with Crippen molar-refractivity contribution in [1.82, 2.24) is 5.32 Å². The fraction of sp³-hybridized carbons (Fsp3) is 0.158. The second-order valence-corrected chi connectivity index (χ2v) is 8.04. The molecule has 1 N–H and O–H groups in total. The number of hydrogen-bond donors (Lipinski definition) is 1. The van der Waals surface area contributed by atoms with Crippen LogP contribution in [0.2, 0.25) is 0 Å². The van der Waals surface area contributed by atoms with Crippen LogP contribution in [0.1, 0.15) is 5.56 Å². The quantitative estimate of drug-likeness (QED) is 0.371. The molecule has 1 aliphatic heterocycles. The van der Waals surface area contributed by atoms with Gasteiger partial charge in [-0.1, -0.05) is 39.9 Å². The van der Waals surface area contributed by atoms with Crippen molar-refractivity contribution < 1.29 is 19.0 Å². The standard InChI is InChI=1S/C19H16BrNO4S2/c1-23-14-3-5-15(6-4-14)24-8-9-25-16-7-2-13(20)10-12(16)11-17-18(22)21-19(26)27-17/h2-7,10-11H,8-9H2,1H3,(H,21,22,26)/b17-11-. The molecule has 1 fully saturated rings. The Morgan fingerprint density at radius 3 is 2.48 bits per heavy atom. The zero-order valence-corrected chi connectivity index (χ0v) is 17.6. The topological polar surface area (TPSA) is 56.8 Å². The number of nitrogens with one attached hydrogen (secondary N) is 1. The van der Waals surface area contributed by atoms with Crippen molar-refractivity contribution in [3.8, 4) is 17.2 Å². The highest BCUT2D eigenvalue weighted by molar-refractivity contribution is 9.10. The molecule has 2 aromatic rings. The summed E-state index contributed by atoms with van der Waals surface area (Å²) in [6, 6.07) is 13.0. The zero-order chi connectivity index (χ0) is 19.2. The van der Waals surface area contributed by atoms with Crippen LogP contribution in [0.15, 0.2) is 51.8 Å². The van der Waals surface area contributed by atoms with Gasteiger partial charge in [-0.05, 0) is 48.5 Å². The van der Waals surface area contributed by atoms with Gasteiger partial charge in [0.05, 0.1) is 12.0 Å². The Bertz CT molecular complexity index is 884. The van der Waals surface area contributed by atoms with Crippen LogP contribution < -0.4 is 19.5 Å². The lowest BCUT2D eigenvalue weighted by Gasteiger charge is -2.11. The lowest BCUT2D eigenvalue weighted by Crippen LogP contribution is -2.17. The lowest BCUT2D eigenvalue weighted by atomic mass is 10.2. The third-order valence-electron chi connectivity index (χ3n) is 3.57. The third kappa shape index (κ3) is 5.47. The molecular formula is C19H16BrNO4S2. The van der Waals surface area contributed by atoms with Crippen molar-refractivity contribution >= 4 is 56.2 Å². The maximum absolute atomic E-state index is 11.9. The average Bonchev–Trinajstić information content (AvgIpc) is 2.97. The van der Waals surface area contributed by atoms with Gasteiger partial charge < -0.3 is 19.5 Å². The maximum atomic E-state index is 11.9. The van der Waals surface area contributed by atoms with E-state index < -0.39 is 0 Å². The fourth-order valence-electron chi connectivity index (χ4n) is 2.31. The first-order valence-corrected chi connectivity index (χ1v) is 10.0. The van der Waals surface area contributed by atoms with Crippen LogP contribution >= 0.6 is 39.9 Å². The summed E-state index contributed by atoms with van der Waals surface area (Å²) in [7, 11) is 1.62. The highest BCUT2D eigenvalue weighted by Gasteiger charge is 2.22. The van der Waals surface area contributed by atoms with E-state index in [-0.39, 0.29) is 5.91 Å². The zero-order valence-electron chi connectivity index (χ0n) is 14.4. The molecule has 0 aromatic heterocycles. The van der Waals surface area contributed by atoms with E-state index in [0.29, 0.717) is 28.2 Å². The second-order valence-electron chi connectivity index (χ2n) is 5.41. The number of halogens is 1. The summed E-state index contributed by atoms with van der Waals surface area (Å²) in [6.45, 7) is 0.749. The molecule has 0 radical (unpaired) electrons. The molecule has 0 bridgehead atoms. The second kappa shape index (κ2) is 9.25. The molecule has 0 spiro atoms. The van der Waals surface area contributed by atoms with Crippen molar-refractivity contribution in [1.29, 1.82) is 0 Å². The van der Waals surface area contributed by atoms with E-state index in [4.69, 9.17) is 26.4 Å². The summed E-state index contributed by atoms with van der Waals surface area (Å²) in [4.78, 5) is 12.4. The van der Waals surface area contributed by atoms with E-state index in [9.17, 15) is 4.79 Å². The Balaban J connectivity index is 1.62. The van der Waals surface area contributed by atoms with Crippen LogP contribution in [0.3, 0.4) is 0 Å². The van der Waals surface area contributed by atoms with Gasteiger partial charge in [-0.25, -0.2) is 0 Å². The van der Waals surface area contributed by atoms with Gasteiger partial charge in [0.1, 0.15) is 34.8 Å². The minimum atomic E-state index is -0.196. The summed E-state index contributed by atoms with van der Waals surface area (Å²) in [5, 5.41) is 2.61. The summed E-state index contributed by atoms with van der Waals surface area (Å²) < 4.78 is 18.0. The van der Waals surface area contributed by atoms with Gasteiger partial charge in [-0.2, -0.15) is 0 Å². The number of thiocarbonyl (C=S) groups is 1. The van der Waals surface area contributed by atoms with E-state index in [0.717, 1.165) is 21.5 Å². The smallest absolute Gasteiger partial charge is 0.263 e. The number of benzene rings is 2. The molecule has 1 aliphatic rings. The molecule has 27 heavy (non-hydrogen) atoms. The number of ether oxygens (including phenoxy) is 3. The highest BCUT2D eigenvalue weighted by Crippen LogP contribution is 2.31. The van der Waals surface area contributed by atoms with E-state index in [1.165, 1.54) is 11.8 Å². The van der Waals surface area contributed by atoms with Crippen LogP contribution in [0.5, 0.6) is 17.2 Å². The number of carbonyl (C=O) groups is 1. The number of thioether (sulfide) groups is 1. The predicted molar refractivity (Wildman–Crippen MR) is 114 cm³/mol. The molecule has 3 rings (SSSR count). The number of carbonyl (C=O) groups excluding carboxylic acids is 1. The first-order valence-electron chi connectivity index (χ1n) is 7.99. The van der Waals surface area contributed by atoms with Gasteiger partial charge in [0, 0.05) is 10.0 Å². The Hall–Kier alpha value is -2.03. The van der Waals surface area contributed by atoms with Crippen LogP contribution in [-0.4, -0.2) is 30.6 Å². The largest absolute Gasteiger partial charge is 0.497 e. The Kier molecular flexibility index (Phi) is 6.76. The predicted octanol–water partition coefficient (Wildman–Crippen LogP) is 4.40. The van der Waals surface area contributed by atoms with Crippen LogP contribution in [0.25, 0.3) is 6.08 Å². The summed E-state index contributed by atoms with van der Waals surface area (Å²) in [5.74, 6) is 1.98. The van der Waals surface area contributed by atoms with E-state index in [1.807, 2.05) is 42.5 Å². The maximum Gasteiger partial charge on any atom is 0.263 e. The molecule has 1 amide bonds. The van der Waals surface area contributed by atoms with Crippen molar-refractivity contribution in [3.05, 3.63) is 57.4 Å². The monoisotopic (exact) mass is 465 g/mol. The van der Waals surface area contributed by atoms with Gasteiger partial charge in [0.15, 0.2) is 0 Å². The van der Waals surface area contributed by atoms with Gasteiger partial charge in [0.25, 0.3) is 5.91 Å². The van der Waals surface area contributed by atoms with Crippen molar-refractivity contribution in [3.63, 3.8) is 0 Å². The van der Waals surface area contributed by atoms with Crippen molar-refractivity contribution in [2.75, 3.05) is 20.3 Å². The molecule has 0 aliphatic carbocycles. The number of amides is 1. The molecule has 1 heterocycles. The molecule has 140 valence electrons. The van der Waals surface area contributed by atoms with Gasteiger partial charge in [-0.15, -0.1) is 0 Å². The van der Waals surface area contributed by atoms with Crippen LogP contribution in [0, 0.1) is 0 Å². The lowest BCUT2D eigenvalue weighted by molar-refractivity contribution is -0.115. The average molecular weight is 466 g/mol. The Morgan fingerprint density at radius 1 is 1.11 bits per heavy atom. The number of hydrogen-bond acceptors (Lipinski definition) is 6. The van der Waals surface area contributed by atoms with Crippen LogP contribution in [-0.2, 0) is 4.79 Å². The molecule has 0 atom stereocenters.